The van der Waals surface area contributed by atoms with Crippen molar-refractivity contribution in [2.75, 3.05) is 24.2 Å². The minimum atomic E-state index is -3.26. The molecule has 0 bridgehead atoms. The van der Waals surface area contributed by atoms with Gasteiger partial charge in [0.15, 0.2) is 0 Å². The Bertz CT molecular complexity index is 694. The predicted octanol–water partition coefficient (Wildman–Crippen LogP) is 1.56. The molecule has 2 rings (SSSR count). The van der Waals surface area contributed by atoms with Crippen molar-refractivity contribution in [2.24, 2.45) is 5.92 Å². The number of anilines is 1. The first kappa shape index (κ1) is 16.5. The second kappa shape index (κ2) is 6.90. The standard InChI is InChI=1S/C15H19N3O3S/c1-2-22(20,21)18-8-4-6-13(11-18)15(19)17-14-7-3-5-12(9-14)10-16/h3,5,7,9,13H,2,4,6,8,11H2,1H3,(H,17,19). The van der Waals surface area contributed by atoms with E-state index in [0.717, 1.165) is 0 Å². The molecule has 1 saturated heterocycles. The van der Waals surface area contributed by atoms with E-state index < -0.39 is 10.0 Å². The molecule has 1 aliphatic rings. The molecule has 7 heteroatoms. The van der Waals surface area contributed by atoms with Gasteiger partial charge in [0.2, 0.25) is 15.9 Å². The van der Waals surface area contributed by atoms with Gasteiger partial charge in [-0.25, -0.2) is 12.7 Å². The van der Waals surface area contributed by atoms with Gasteiger partial charge in [-0.2, -0.15) is 5.26 Å². The Morgan fingerprint density at radius 2 is 2.27 bits per heavy atom. The van der Waals surface area contributed by atoms with Gasteiger partial charge in [-0.05, 0) is 38.0 Å². The lowest BCUT2D eigenvalue weighted by atomic mass is 9.98. The van der Waals surface area contributed by atoms with Crippen molar-refractivity contribution in [1.29, 1.82) is 5.26 Å². The highest BCUT2D eigenvalue weighted by Gasteiger charge is 2.31. The summed E-state index contributed by atoms with van der Waals surface area (Å²) in [7, 11) is -3.26. The largest absolute Gasteiger partial charge is 0.326 e. The molecule has 1 aromatic carbocycles. The van der Waals surface area contributed by atoms with E-state index in [1.165, 1.54) is 4.31 Å². The third kappa shape index (κ3) is 3.84. The number of nitrogens with one attached hydrogen (secondary N) is 1. The van der Waals surface area contributed by atoms with Crippen LogP contribution in [0.5, 0.6) is 0 Å². The maximum atomic E-state index is 12.3. The normalized spacial score (nSPS) is 19.4. The van der Waals surface area contributed by atoms with Crippen LogP contribution in [0.1, 0.15) is 25.3 Å². The highest BCUT2D eigenvalue weighted by atomic mass is 32.2. The van der Waals surface area contributed by atoms with Crippen LogP contribution < -0.4 is 5.32 Å². The average Bonchev–Trinajstić information content (AvgIpc) is 2.55. The summed E-state index contributed by atoms with van der Waals surface area (Å²) in [6, 6.07) is 8.68. The highest BCUT2D eigenvalue weighted by Crippen LogP contribution is 2.21. The monoisotopic (exact) mass is 321 g/mol. The van der Waals surface area contributed by atoms with Crippen LogP contribution in [0.4, 0.5) is 5.69 Å². The molecule has 1 aromatic rings. The van der Waals surface area contributed by atoms with E-state index in [4.69, 9.17) is 5.26 Å². The smallest absolute Gasteiger partial charge is 0.228 e. The Balaban J connectivity index is 2.05. The fourth-order valence-corrected chi connectivity index (χ4v) is 3.68. The van der Waals surface area contributed by atoms with Crippen LogP contribution in [0.15, 0.2) is 24.3 Å². The second-order valence-corrected chi connectivity index (χ2v) is 7.54. The minimum absolute atomic E-state index is 0.0472. The number of piperidine rings is 1. The lowest BCUT2D eigenvalue weighted by Gasteiger charge is -2.30. The molecule has 6 nitrogen and oxygen atoms in total. The molecule has 1 unspecified atom stereocenters. The zero-order chi connectivity index (χ0) is 16.2. The first-order valence-electron chi connectivity index (χ1n) is 7.25. The lowest BCUT2D eigenvalue weighted by molar-refractivity contribution is -0.120. The number of benzene rings is 1. The Hall–Kier alpha value is -1.91. The molecular weight excluding hydrogens is 302 g/mol. The van der Waals surface area contributed by atoms with E-state index in [0.29, 0.717) is 30.6 Å². The summed E-state index contributed by atoms with van der Waals surface area (Å²) in [6.07, 6.45) is 1.34. The number of amides is 1. The SMILES string of the molecule is CCS(=O)(=O)N1CCCC(C(=O)Nc2cccc(C#N)c2)C1. The van der Waals surface area contributed by atoms with Crippen molar-refractivity contribution in [3.63, 3.8) is 0 Å². The molecule has 1 amide bonds. The van der Waals surface area contributed by atoms with Crippen LogP contribution in [-0.2, 0) is 14.8 Å². The summed E-state index contributed by atoms with van der Waals surface area (Å²) < 4.78 is 25.2. The van der Waals surface area contributed by atoms with Crippen molar-refractivity contribution in [3.8, 4) is 6.07 Å². The zero-order valence-electron chi connectivity index (χ0n) is 12.4. The van der Waals surface area contributed by atoms with E-state index in [-0.39, 0.29) is 24.1 Å². The first-order chi connectivity index (χ1) is 10.5. The molecule has 1 N–H and O–H groups in total. The maximum Gasteiger partial charge on any atom is 0.228 e. The number of sulfonamides is 1. The summed E-state index contributed by atoms with van der Waals surface area (Å²) in [5, 5.41) is 11.6. The number of carbonyl (C=O) groups excluding carboxylic acids is 1. The topological polar surface area (TPSA) is 90.3 Å². The van der Waals surface area contributed by atoms with Crippen molar-refractivity contribution in [2.45, 2.75) is 19.8 Å². The third-order valence-corrected chi connectivity index (χ3v) is 5.62. The summed E-state index contributed by atoms with van der Waals surface area (Å²) in [6.45, 7) is 2.30. The molecule has 0 radical (unpaired) electrons. The van der Waals surface area contributed by atoms with Crippen molar-refractivity contribution in [3.05, 3.63) is 29.8 Å². The lowest BCUT2D eigenvalue weighted by Crippen LogP contribution is -2.44. The average molecular weight is 321 g/mol. The van der Waals surface area contributed by atoms with Gasteiger partial charge in [-0.3, -0.25) is 4.79 Å². The first-order valence-corrected chi connectivity index (χ1v) is 8.86. The third-order valence-electron chi connectivity index (χ3n) is 3.77. The van der Waals surface area contributed by atoms with E-state index in [1.54, 1.807) is 31.2 Å². The van der Waals surface area contributed by atoms with Crippen LogP contribution >= 0.6 is 0 Å². The summed E-state index contributed by atoms with van der Waals surface area (Å²) in [5.74, 6) is -0.516. The number of carbonyl (C=O) groups is 1. The molecule has 0 aromatic heterocycles. The van der Waals surface area contributed by atoms with Gasteiger partial charge < -0.3 is 5.32 Å². The van der Waals surface area contributed by atoms with Crippen molar-refractivity contribution in [1.82, 2.24) is 4.31 Å². The molecule has 118 valence electrons. The van der Waals surface area contributed by atoms with Crippen molar-refractivity contribution < 1.29 is 13.2 Å². The molecule has 0 saturated carbocycles. The fraction of sp³-hybridized carbons (Fsp3) is 0.467. The van der Waals surface area contributed by atoms with E-state index in [9.17, 15) is 13.2 Å². The molecule has 22 heavy (non-hydrogen) atoms. The molecule has 0 spiro atoms. The van der Waals surface area contributed by atoms with Crippen LogP contribution in [0, 0.1) is 17.2 Å². The molecule has 1 aliphatic heterocycles. The highest BCUT2D eigenvalue weighted by molar-refractivity contribution is 7.89. The van der Waals surface area contributed by atoms with Gasteiger partial charge in [-0.1, -0.05) is 6.07 Å². The minimum Gasteiger partial charge on any atom is -0.326 e. The number of nitrogens with zero attached hydrogens (tertiary/aromatic N) is 2. The Morgan fingerprint density at radius 1 is 1.50 bits per heavy atom. The predicted molar refractivity (Wildman–Crippen MR) is 83.5 cm³/mol. The van der Waals surface area contributed by atoms with Crippen LogP contribution in [0.2, 0.25) is 0 Å². The molecule has 1 heterocycles. The van der Waals surface area contributed by atoms with Gasteiger partial charge in [0.1, 0.15) is 0 Å². The van der Waals surface area contributed by atoms with E-state index in [1.807, 2.05) is 6.07 Å². The van der Waals surface area contributed by atoms with Crippen LogP contribution in [-0.4, -0.2) is 37.5 Å². The Morgan fingerprint density at radius 3 is 2.95 bits per heavy atom. The molecule has 0 aliphatic carbocycles. The van der Waals surface area contributed by atoms with Gasteiger partial charge in [0.05, 0.1) is 23.3 Å². The van der Waals surface area contributed by atoms with Gasteiger partial charge in [0.25, 0.3) is 0 Å². The molecule has 1 fully saturated rings. The Labute approximate surface area is 130 Å². The van der Waals surface area contributed by atoms with Gasteiger partial charge in [-0.15, -0.1) is 0 Å². The quantitative estimate of drug-likeness (QED) is 0.911. The van der Waals surface area contributed by atoms with Crippen LogP contribution in [0.3, 0.4) is 0 Å². The maximum absolute atomic E-state index is 12.3. The van der Waals surface area contributed by atoms with Gasteiger partial charge in [0, 0.05) is 18.8 Å². The number of hydrogen-bond acceptors (Lipinski definition) is 4. The fourth-order valence-electron chi connectivity index (χ4n) is 2.50. The summed E-state index contributed by atoms with van der Waals surface area (Å²) >= 11 is 0. The molecule has 1 atom stereocenters. The van der Waals surface area contributed by atoms with Crippen LogP contribution in [0.25, 0.3) is 0 Å². The second-order valence-electron chi connectivity index (χ2n) is 5.28. The van der Waals surface area contributed by atoms with E-state index >= 15 is 0 Å². The number of nitriles is 1. The summed E-state index contributed by atoms with van der Waals surface area (Å²) in [4.78, 5) is 12.3. The number of hydrogen-bond donors (Lipinski definition) is 1. The van der Waals surface area contributed by atoms with Gasteiger partial charge >= 0.3 is 0 Å². The van der Waals surface area contributed by atoms with E-state index in [2.05, 4.69) is 5.32 Å². The van der Waals surface area contributed by atoms with Crippen molar-refractivity contribution >= 4 is 21.6 Å². The zero-order valence-corrected chi connectivity index (χ0v) is 13.3. The number of rotatable bonds is 4. The summed E-state index contributed by atoms with van der Waals surface area (Å²) in [5.41, 5.74) is 1.02. The Kier molecular flexibility index (Phi) is 5.16. The molecular formula is C15H19N3O3S.